The van der Waals surface area contributed by atoms with Crippen molar-refractivity contribution in [2.24, 2.45) is 0 Å². The molecule has 4 rings (SSSR count). The van der Waals surface area contributed by atoms with Crippen molar-refractivity contribution in [2.45, 2.75) is 13.0 Å². The number of benzene rings is 2. The summed E-state index contributed by atoms with van der Waals surface area (Å²) in [5, 5.41) is 10.4. The molecule has 27 heavy (non-hydrogen) atoms. The first-order valence-electron chi connectivity index (χ1n) is 8.81. The zero-order valence-electron chi connectivity index (χ0n) is 14.7. The van der Waals surface area contributed by atoms with E-state index in [9.17, 15) is 0 Å². The normalized spacial score (nSPS) is 11.1. The van der Waals surface area contributed by atoms with Gasteiger partial charge >= 0.3 is 0 Å². The smallest absolute Gasteiger partial charge is 0.178 e. The van der Waals surface area contributed by atoms with Gasteiger partial charge in [0.15, 0.2) is 5.58 Å². The summed E-state index contributed by atoms with van der Waals surface area (Å²) in [7, 11) is 0. The van der Waals surface area contributed by atoms with Gasteiger partial charge in [-0.15, -0.1) is 11.3 Å². The molecule has 0 radical (unpaired) electrons. The fraction of sp³-hybridized carbons (Fsp3) is 0.190. The molecule has 0 atom stereocenters. The van der Waals surface area contributed by atoms with Crippen LogP contribution < -0.4 is 10.1 Å². The Morgan fingerprint density at radius 3 is 2.96 bits per heavy atom. The van der Waals surface area contributed by atoms with Gasteiger partial charge in [-0.1, -0.05) is 47.1 Å². The minimum atomic E-state index is 0.645. The van der Waals surface area contributed by atoms with Gasteiger partial charge in [-0.3, -0.25) is 0 Å². The third kappa shape index (κ3) is 4.33. The van der Waals surface area contributed by atoms with Crippen LogP contribution in [0.25, 0.3) is 21.5 Å². The minimum absolute atomic E-state index is 0.645. The van der Waals surface area contributed by atoms with Crippen LogP contribution >= 0.6 is 22.9 Å². The summed E-state index contributed by atoms with van der Waals surface area (Å²) in [6.45, 7) is 2.27. The van der Waals surface area contributed by atoms with Crippen LogP contribution in [0.5, 0.6) is 5.75 Å². The van der Waals surface area contributed by atoms with Crippen LogP contribution in [0.4, 0.5) is 0 Å². The Hall–Kier alpha value is -2.34. The van der Waals surface area contributed by atoms with Crippen molar-refractivity contribution in [1.82, 2.24) is 10.5 Å². The minimum Gasteiger partial charge on any atom is -0.494 e. The van der Waals surface area contributed by atoms with Crippen LogP contribution in [0.3, 0.4) is 0 Å². The maximum Gasteiger partial charge on any atom is 0.178 e. The van der Waals surface area contributed by atoms with E-state index in [1.807, 2.05) is 60.0 Å². The highest BCUT2D eigenvalue weighted by atomic mass is 35.5. The molecule has 2 aromatic carbocycles. The van der Waals surface area contributed by atoms with E-state index in [0.717, 1.165) is 57.4 Å². The van der Waals surface area contributed by atoms with E-state index >= 15 is 0 Å². The van der Waals surface area contributed by atoms with Crippen LogP contribution in [-0.2, 0) is 6.54 Å². The van der Waals surface area contributed by atoms with Gasteiger partial charge in [-0.2, -0.15) is 0 Å². The second-order valence-corrected chi connectivity index (χ2v) is 7.47. The van der Waals surface area contributed by atoms with Gasteiger partial charge in [0.05, 0.1) is 6.61 Å². The lowest BCUT2D eigenvalue weighted by molar-refractivity contribution is 0.308. The summed E-state index contributed by atoms with van der Waals surface area (Å²) in [5.74, 6) is 0.839. The van der Waals surface area contributed by atoms with E-state index < -0.39 is 0 Å². The predicted octanol–water partition coefficient (Wildman–Crippen LogP) is 5.77. The SMILES string of the molecule is Clc1ccccc1CNCCCOc1cccc(-c2noc3ccsc23)c1. The number of aromatic nitrogens is 1. The molecule has 0 aliphatic rings. The third-order valence-electron chi connectivity index (χ3n) is 4.23. The van der Waals surface area contributed by atoms with E-state index in [0.29, 0.717) is 6.61 Å². The van der Waals surface area contributed by atoms with Crippen molar-refractivity contribution in [3.8, 4) is 17.0 Å². The predicted molar refractivity (Wildman–Crippen MR) is 111 cm³/mol. The number of hydrogen-bond donors (Lipinski definition) is 1. The van der Waals surface area contributed by atoms with Gasteiger partial charge in [0.1, 0.15) is 16.1 Å². The number of rotatable bonds is 8. The van der Waals surface area contributed by atoms with Gasteiger partial charge in [-0.05, 0) is 48.2 Å². The lowest BCUT2D eigenvalue weighted by Gasteiger charge is -2.09. The highest BCUT2D eigenvalue weighted by Crippen LogP contribution is 2.33. The second-order valence-electron chi connectivity index (χ2n) is 6.14. The van der Waals surface area contributed by atoms with Gasteiger partial charge in [0, 0.05) is 17.1 Å². The van der Waals surface area contributed by atoms with Crippen LogP contribution in [0.15, 0.2) is 64.5 Å². The summed E-state index contributed by atoms with van der Waals surface area (Å²) in [4.78, 5) is 0. The summed E-state index contributed by atoms with van der Waals surface area (Å²) >= 11 is 7.79. The summed E-state index contributed by atoms with van der Waals surface area (Å²) in [6.07, 6.45) is 0.911. The standard InChI is InChI=1S/C21H19ClN2O2S/c22-18-8-2-1-5-16(18)14-23-10-4-11-25-17-7-3-6-15(13-17)20-21-19(26-24-20)9-12-27-21/h1-3,5-9,12-13,23H,4,10-11,14H2. The van der Waals surface area contributed by atoms with E-state index in [4.69, 9.17) is 20.9 Å². The molecule has 1 N–H and O–H groups in total. The van der Waals surface area contributed by atoms with Crippen molar-refractivity contribution in [3.63, 3.8) is 0 Å². The molecule has 4 nitrogen and oxygen atoms in total. The van der Waals surface area contributed by atoms with Crippen LogP contribution in [0.1, 0.15) is 12.0 Å². The molecule has 0 saturated heterocycles. The quantitative estimate of drug-likeness (QED) is 0.383. The Morgan fingerprint density at radius 1 is 1.11 bits per heavy atom. The average molecular weight is 399 g/mol. The van der Waals surface area contributed by atoms with E-state index in [2.05, 4.69) is 10.5 Å². The number of nitrogens with zero attached hydrogens (tertiary/aromatic N) is 1. The maximum absolute atomic E-state index is 6.15. The first-order valence-corrected chi connectivity index (χ1v) is 10.1. The van der Waals surface area contributed by atoms with Gasteiger partial charge in [-0.25, -0.2) is 0 Å². The number of thiophene rings is 1. The third-order valence-corrected chi connectivity index (χ3v) is 5.50. The number of nitrogens with one attached hydrogen (secondary N) is 1. The van der Waals surface area contributed by atoms with E-state index in [-0.39, 0.29) is 0 Å². The maximum atomic E-state index is 6.15. The van der Waals surface area contributed by atoms with E-state index in [1.165, 1.54) is 0 Å². The second kappa shape index (κ2) is 8.57. The molecular weight excluding hydrogens is 380 g/mol. The van der Waals surface area contributed by atoms with Crippen LogP contribution in [0, 0.1) is 0 Å². The molecule has 6 heteroatoms. The highest BCUT2D eigenvalue weighted by molar-refractivity contribution is 7.17. The zero-order chi connectivity index (χ0) is 18.5. The molecule has 2 heterocycles. The first-order chi connectivity index (χ1) is 13.3. The summed E-state index contributed by atoms with van der Waals surface area (Å²) in [6, 6.07) is 17.8. The van der Waals surface area contributed by atoms with Crippen LogP contribution in [-0.4, -0.2) is 18.3 Å². The lowest BCUT2D eigenvalue weighted by atomic mass is 10.1. The molecule has 0 unspecified atom stereocenters. The monoisotopic (exact) mass is 398 g/mol. The van der Waals surface area contributed by atoms with E-state index in [1.54, 1.807) is 11.3 Å². The number of fused-ring (bicyclic) bond motifs is 1. The summed E-state index contributed by atoms with van der Waals surface area (Å²) < 4.78 is 12.3. The molecule has 0 saturated carbocycles. The molecule has 0 bridgehead atoms. The first kappa shape index (κ1) is 18.0. The molecule has 0 aliphatic heterocycles. The highest BCUT2D eigenvalue weighted by Gasteiger charge is 2.12. The molecule has 138 valence electrons. The Balaban J connectivity index is 1.27. The molecule has 0 amide bonds. The van der Waals surface area contributed by atoms with Crippen molar-refractivity contribution >= 4 is 33.2 Å². The fourth-order valence-corrected chi connectivity index (χ4v) is 3.87. The molecule has 2 aromatic heterocycles. The summed E-state index contributed by atoms with van der Waals surface area (Å²) in [5.41, 5.74) is 3.81. The largest absolute Gasteiger partial charge is 0.494 e. The van der Waals surface area contributed by atoms with Crippen molar-refractivity contribution in [1.29, 1.82) is 0 Å². The van der Waals surface area contributed by atoms with Gasteiger partial charge < -0.3 is 14.6 Å². The zero-order valence-corrected chi connectivity index (χ0v) is 16.2. The number of hydrogen-bond acceptors (Lipinski definition) is 5. The van der Waals surface area contributed by atoms with Crippen molar-refractivity contribution < 1.29 is 9.26 Å². The topological polar surface area (TPSA) is 47.3 Å². The van der Waals surface area contributed by atoms with Crippen LogP contribution in [0.2, 0.25) is 5.02 Å². The number of halogens is 1. The van der Waals surface area contributed by atoms with Crippen molar-refractivity contribution in [2.75, 3.05) is 13.2 Å². The number of ether oxygens (including phenoxy) is 1. The van der Waals surface area contributed by atoms with Gasteiger partial charge in [0.25, 0.3) is 0 Å². The molecule has 4 aromatic rings. The average Bonchev–Trinajstić information content (AvgIpc) is 3.30. The van der Waals surface area contributed by atoms with Crippen molar-refractivity contribution in [3.05, 3.63) is 70.6 Å². The molecule has 0 fully saturated rings. The molecule has 0 spiro atoms. The molecular formula is C21H19ClN2O2S. The van der Waals surface area contributed by atoms with Gasteiger partial charge in [0.2, 0.25) is 0 Å². The Labute approximate surface area is 166 Å². The lowest BCUT2D eigenvalue weighted by Crippen LogP contribution is -2.17. The Kier molecular flexibility index (Phi) is 5.72. The fourth-order valence-electron chi connectivity index (χ4n) is 2.85. The Morgan fingerprint density at radius 2 is 2.04 bits per heavy atom. The Bertz CT molecular complexity index is 1030. The molecule has 0 aliphatic carbocycles.